The fraction of sp³-hybridized carbons (Fsp3) is 0.588. The molecule has 0 aliphatic heterocycles. The molecule has 0 saturated heterocycles. The topological polar surface area (TPSA) is 59.6 Å². The molecule has 3 N–H and O–H groups in total. The van der Waals surface area contributed by atoms with Gasteiger partial charge in [0, 0.05) is 18.8 Å². The minimum atomic E-state index is 0. The highest BCUT2D eigenvalue weighted by atomic mass is 127. The molecular formula is C17H30IN3O. The Hall–Kier alpha value is -0.820. The highest BCUT2D eigenvalue weighted by Gasteiger charge is 2.01. The van der Waals surface area contributed by atoms with Crippen molar-refractivity contribution in [3.05, 3.63) is 29.8 Å². The number of ether oxygens (including phenoxy) is 1. The zero-order valence-corrected chi connectivity index (χ0v) is 16.5. The van der Waals surface area contributed by atoms with Gasteiger partial charge in [0.1, 0.15) is 0 Å². The number of rotatable bonds is 8. The molecule has 1 rings (SSSR count). The fourth-order valence-electron chi connectivity index (χ4n) is 1.90. The molecule has 0 bridgehead atoms. The van der Waals surface area contributed by atoms with E-state index in [0.29, 0.717) is 18.0 Å². The van der Waals surface area contributed by atoms with Gasteiger partial charge in [0.2, 0.25) is 0 Å². The average Bonchev–Trinajstić information content (AvgIpc) is 2.42. The molecule has 1 aromatic rings. The first-order valence-corrected chi connectivity index (χ1v) is 7.77. The molecule has 4 nitrogen and oxygen atoms in total. The molecule has 1 aromatic carbocycles. The minimum Gasteiger partial charge on any atom is -0.379 e. The molecule has 0 atom stereocenters. The number of nitrogens with two attached hydrogens (primary N) is 1. The number of hydrogen-bond acceptors (Lipinski definition) is 2. The molecule has 0 heterocycles. The molecule has 0 aliphatic rings. The lowest BCUT2D eigenvalue weighted by Crippen LogP contribution is -2.23. The third kappa shape index (κ3) is 9.25. The second-order valence-corrected chi connectivity index (χ2v) is 5.80. The fourth-order valence-corrected chi connectivity index (χ4v) is 1.90. The van der Waals surface area contributed by atoms with Crippen molar-refractivity contribution in [1.82, 2.24) is 0 Å². The van der Waals surface area contributed by atoms with E-state index in [2.05, 4.69) is 36.3 Å². The van der Waals surface area contributed by atoms with Crippen molar-refractivity contribution in [1.29, 1.82) is 0 Å². The van der Waals surface area contributed by atoms with Crippen molar-refractivity contribution in [3.8, 4) is 0 Å². The number of guanidine groups is 1. The average molecular weight is 419 g/mol. The summed E-state index contributed by atoms with van der Waals surface area (Å²) < 4.78 is 5.48. The number of nitrogens with one attached hydrogen (secondary N) is 1. The second-order valence-electron chi connectivity index (χ2n) is 5.80. The van der Waals surface area contributed by atoms with Gasteiger partial charge in [0.05, 0.1) is 6.10 Å². The van der Waals surface area contributed by atoms with Gasteiger partial charge in [-0.15, -0.1) is 24.0 Å². The van der Waals surface area contributed by atoms with Crippen LogP contribution < -0.4 is 11.1 Å². The van der Waals surface area contributed by atoms with Crippen LogP contribution in [-0.4, -0.2) is 25.2 Å². The maximum Gasteiger partial charge on any atom is 0.193 e. The third-order valence-electron chi connectivity index (χ3n) is 3.11. The van der Waals surface area contributed by atoms with Crippen molar-refractivity contribution in [3.63, 3.8) is 0 Å². The Kier molecular flexibility index (Phi) is 11.3. The molecule has 5 heteroatoms. The van der Waals surface area contributed by atoms with Crippen LogP contribution in [0.25, 0.3) is 0 Å². The van der Waals surface area contributed by atoms with Crippen molar-refractivity contribution < 1.29 is 4.74 Å². The van der Waals surface area contributed by atoms with Crippen LogP contribution >= 0.6 is 24.0 Å². The quantitative estimate of drug-likeness (QED) is 0.285. The van der Waals surface area contributed by atoms with Gasteiger partial charge in [-0.25, -0.2) is 0 Å². The van der Waals surface area contributed by atoms with Crippen LogP contribution in [0, 0.1) is 0 Å². The van der Waals surface area contributed by atoms with Crippen LogP contribution in [0.4, 0.5) is 5.69 Å². The van der Waals surface area contributed by atoms with Crippen molar-refractivity contribution in [2.75, 3.05) is 18.5 Å². The molecule has 22 heavy (non-hydrogen) atoms. The first-order valence-electron chi connectivity index (χ1n) is 7.77. The van der Waals surface area contributed by atoms with Crippen LogP contribution in [0.5, 0.6) is 0 Å². The van der Waals surface area contributed by atoms with E-state index < -0.39 is 0 Å². The van der Waals surface area contributed by atoms with Crippen LogP contribution in [0.3, 0.4) is 0 Å². The molecule has 0 spiro atoms. The number of nitrogens with zero attached hydrogens (tertiary/aromatic N) is 1. The first kappa shape index (κ1) is 21.2. The normalized spacial score (nSPS) is 11.6. The smallest absolute Gasteiger partial charge is 0.193 e. The first-order chi connectivity index (χ1) is 9.99. The monoisotopic (exact) mass is 419 g/mol. The van der Waals surface area contributed by atoms with E-state index in [-0.39, 0.29) is 24.0 Å². The SMILES string of the molecule is CC(C)OCCCCN=C(N)Nc1cccc(C(C)C)c1.I. The summed E-state index contributed by atoms with van der Waals surface area (Å²) in [4.78, 5) is 4.34. The summed E-state index contributed by atoms with van der Waals surface area (Å²) in [7, 11) is 0. The number of hydrogen-bond donors (Lipinski definition) is 2. The molecule has 0 amide bonds. The zero-order chi connectivity index (χ0) is 15.7. The van der Waals surface area contributed by atoms with E-state index in [9.17, 15) is 0 Å². The summed E-state index contributed by atoms with van der Waals surface area (Å²) in [5.74, 6) is 0.978. The molecule has 0 aliphatic carbocycles. The molecule has 0 radical (unpaired) electrons. The van der Waals surface area contributed by atoms with Crippen LogP contribution in [0.2, 0.25) is 0 Å². The lowest BCUT2D eigenvalue weighted by atomic mass is 10.0. The second kappa shape index (κ2) is 11.7. The van der Waals surface area contributed by atoms with E-state index in [1.54, 1.807) is 0 Å². The van der Waals surface area contributed by atoms with Gasteiger partial charge in [-0.3, -0.25) is 4.99 Å². The summed E-state index contributed by atoms with van der Waals surface area (Å²) in [6.07, 6.45) is 2.30. The maximum atomic E-state index is 5.90. The zero-order valence-electron chi connectivity index (χ0n) is 14.1. The van der Waals surface area contributed by atoms with E-state index in [1.807, 2.05) is 26.0 Å². The Bertz CT molecular complexity index is 447. The van der Waals surface area contributed by atoms with Gasteiger partial charge in [-0.2, -0.15) is 0 Å². The Morgan fingerprint density at radius 2 is 1.95 bits per heavy atom. The number of anilines is 1. The molecule has 0 saturated carbocycles. The molecule has 0 unspecified atom stereocenters. The van der Waals surface area contributed by atoms with Crippen molar-refractivity contribution in [2.45, 2.75) is 52.6 Å². The van der Waals surface area contributed by atoms with E-state index in [4.69, 9.17) is 10.5 Å². The lowest BCUT2D eigenvalue weighted by molar-refractivity contribution is 0.0764. The molecule has 0 fully saturated rings. The maximum absolute atomic E-state index is 5.90. The highest BCUT2D eigenvalue weighted by molar-refractivity contribution is 14.0. The summed E-state index contributed by atoms with van der Waals surface area (Å²) in [6, 6.07) is 8.28. The minimum absolute atomic E-state index is 0. The molecule has 0 aromatic heterocycles. The van der Waals surface area contributed by atoms with Gasteiger partial charge >= 0.3 is 0 Å². The van der Waals surface area contributed by atoms with Gasteiger partial charge in [-0.1, -0.05) is 26.0 Å². The largest absolute Gasteiger partial charge is 0.379 e. The van der Waals surface area contributed by atoms with E-state index in [0.717, 1.165) is 31.7 Å². The van der Waals surface area contributed by atoms with Crippen molar-refractivity contribution in [2.24, 2.45) is 10.7 Å². The summed E-state index contributed by atoms with van der Waals surface area (Å²) in [5, 5.41) is 3.14. The Morgan fingerprint density at radius 3 is 2.59 bits per heavy atom. The predicted octanol–water partition coefficient (Wildman–Crippen LogP) is 4.36. The van der Waals surface area contributed by atoms with Gasteiger partial charge in [-0.05, 0) is 50.3 Å². The lowest BCUT2D eigenvalue weighted by Gasteiger charge is -2.10. The Balaban J connectivity index is 0.00000441. The molecule has 126 valence electrons. The van der Waals surface area contributed by atoms with Gasteiger partial charge < -0.3 is 15.8 Å². The predicted molar refractivity (Wildman–Crippen MR) is 106 cm³/mol. The van der Waals surface area contributed by atoms with Crippen LogP contribution in [0.15, 0.2) is 29.3 Å². The highest BCUT2D eigenvalue weighted by Crippen LogP contribution is 2.18. The van der Waals surface area contributed by atoms with Gasteiger partial charge in [0.25, 0.3) is 0 Å². The summed E-state index contributed by atoms with van der Waals surface area (Å²) in [6.45, 7) is 9.96. The Labute approximate surface area is 151 Å². The van der Waals surface area contributed by atoms with Crippen molar-refractivity contribution >= 4 is 35.6 Å². The number of halogens is 1. The third-order valence-corrected chi connectivity index (χ3v) is 3.11. The molecular weight excluding hydrogens is 389 g/mol. The number of aliphatic imine (C=N–C) groups is 1. The summed E-state index contributed by atoms with van der Waals surface area (Å²) in [5.41, 5.74) is 8.18. The number of unbranched alkanes of at least 4 members (excludes halogenated alkanes) is 1. The number of benzene rings is 1. The van der Waals surface area contributed by atoms with Crippen LogP contribution in [0.1, 0.15) is 52.0 Å². The van der Waals surface area contributed by atoms with E-state index >= 15 is 0 Å². The van der Waals surface area contributed by atoms with Gasteiger partial charge in [0.15, 0.2) is 5.96 Å². The van der Waals surface area contributed by atoms with Crippen LogP contribution in [-0.2, 0) is 4.74 Å². The Morgan fingerprint density at radius 1 is 1.23 bits per heavy atom. The van der Waals surface area contributed by atoms with E-state index in [1.165, 1.54) is 5.56 Å². The standard InChI is InChI=1S/C17H29N3O.HI/c1-13(2)15-8-7-9-16(12-15)20-17(18)19-10-5-6-11-21-14(3)4;/h7-9,12-14H,5-6,10-11H2,1-4H3,(H3,18,19,20);1H. The summed E-state index contributed by atoms with van der Waals surface area (Å²) >= 11 is 0.